The lowest BCUT2D eigenvalue weighted by atomic mass is 9.95. The predicted molar refractivity (Wildman–Crippen MR) is 179 cm³/mol. The standard InChI is InChI=1S/C32H44ClF2N3O4SSi/c1-31(2,3)42-30(39)37-32(4,5)12-9-10-22(43)16-21-17-24(34)28(25(35)18-21)41-26-11-13-36-29-27(26)23(33)19-38(29)20-40-14-15-44(6,7)8/h11,13,17-19H,9-10,12,14-16,20H2,1-8H3,(H,37,39). The number of alkyl carbamates (subject to hydrolysis) is 1. The van der Waals surface area contributed by atoms with Gasteiger partial charge in [-0.1, -0.05) is 43.5 Å². The van der Waals surface area contributed by atoms with Crippen LogP contribution in [0, 0.1) is 11.6 Å². The van der Waals surface area contributed by atoms with Gasteiger partial charge in [0, 0.05) is 39.0 Å². The molecule has 0 fully saturated rings. The van der Waals surface area contributed by atoms with E-state index in [-0.39, 0.29) is 18.9 Å². The summed E-state index contributed by atoms with van der Waals surface area (Å²) in [4.78, 5) is 17.2. The molecule has 2 aromatic heterocycles. The van der Waals surface area contributed by atoms with Crippen LogP contribution >= 0.6 is 23.8 Å². The molecule has 0 radical (unpaired) electrons. The molecule has 0 unspecified atom stereocenters. The number of carbonyl (C=O) groups excluding carboxylic acids is 1. The molecule has 3 rings (SSSR count). The lowest BCUT2D eigenvalue weighted by Crippen LogP contribution is -2.45. The van der Waals surface area contributed by atoms with Gasteiger partial charge in [0.15, 0.2) is 17.4 Å². The van der Waals surface area contributed by atoms with Crippen molar-refractivity contribution in [3.8, 4) is 11.5 Å². The molecule has 7 nitrogen and oxygen atoms in total. The average molecular weight is 668 g/mol. The van der Waals surface area contributed by atoms with Crippen LogP contribution in [-0.2, 0) is 22.6 Å². The molecular weight excluding hydrogens is 624 g/mol. The Morgan fingerprint density at radius 2 is 1.80 bits per heavy atom. The molecule has 0 aliphatic heterocycles. The van der Waals surface area contributed by atoms with E-state index >= 15 is 8.78 Å². The summed E-state index contributed by atoms with van der Waals surface area (Å²) in [5.41, 5.74) is -0.188. The van der Waals surface area contributed by atoms with E-state index in [4.69, 9.17) is 38.0 Å². The minimum absolute atomic E-state index is 0.185. The number of nitrogens with zero attached hydrogens (tertiary/aromatic N) is 2. The fraction of sp³-hybridized carbons (Fsp3) is 0.531. The highest BCUT2D eigenvalue weighted by Crippen LogP contribution is 2.37. The Morgan fingerprint density at radius 3 is 2.41 bits per heavy atom. The summed E-state index contributed by atoms with van der Waals surface area (Å²) < 4.78 is 49.0. The van der Waals surface area contributed by atoms with Crippen molar-refractivity contribution in [2.75, 3.05) is 6.61 Å². The van der Waals surface area contributed by atoms with E-state index in [9.17, 15) is 4.79 Å². The van der Waals surface area contributed by atoms with Gasteiger partial charge in [0.1, 0.15) is 23.7 Å². The van der Waals surface area contributed by atoms with Crippen LogP contribution in [0.2, 0.25) is 30.7 Å². The van der Waals surface area contributed by atoms with Crippen LogP contribution in [0.25, 0.3) is 11.0 Å². The van der Waals surface area contributed by atoms with Gasteiger partial charge in [-0.15, -0.1) is 0 Å². The Labute approximate surface area is 270 Å². The second-order valence-electron chi connectivity index (χ2n) is 13.9. The highest BCUT2D eigenvalue weighted by Gasteiger charge is 2.25. The average Bonchev–Trinajstić information content (AvgIpc) is 3.18. The van der Waals surface area contributed by atoms with Crippen LogP contribution in [0.1, 0.15) is 59.4 Å². The van der Waals surface area contributed by atoms with Gasteiger partial charge in [-0.05, 0) is 88.6 Å². The first-order chi connectivity index (χ1) is 20.3. The van der Waals surface area contributed by atoms with Gasteiger partial charge < -0.3 is 24.1 Å². The Balaban J connectivity index is 1.62. The summed E-state index contributed by atoms with van der Waals surface area (Å²) in [5, 5.41) is 3.65. The molecule has 3 aromatic rings. The van der Waals surface area contributed by atoms with E-state index < -0.39 is 42.7 Å². The quantitative estimate of drug-likeness (QED) is 0.105. The molecule has 242 valence electrons. The van der Waals surface area contributed by atoms with Crippen molar-refractivity contribution in [3.05, 3.63) is 52.8 Å². The smallest absolute Gasteiger partial charge is 0.408 e. The second kappa shape index (κ2) is 14.7. The molecule has 0 aliphatic rings. The van der Waals surface area contributed by atoms with Crippen molar-refractivity contribution >= 4 is 53.9 Å². The van der Waals surface area contributed by atoms with Crippen molar-refractivity contribution in [1.29, 1.82) is 0 Å². The largest absolute Gasteiger partial charge is 0.450 e. The van der Waals surface area contributed by atoms with Crippen LogP contribution in [0.15, 0.2) is 30.6 Å². The first kappa shape index (κ1) is 35.9. The zero-order chi connectivity index (χ0) is 32.9. The van der Waals surface area contributed by atoms with Crippen LogP contribution in [0.5, 0.6) is 11.5 Å². The number of aromatic nitrogens is 2. The van der Waals surface area contributed by atoms with Gasteiger partial charge in [-0.3, -0.25) is 0 Å². The first-order valence-corrected chi connectivity index (χ1v) is 19.2. The van der Waals surface area contributed by atoms with Gasteiger partial charge in [0.25, 0.3) is 0 Å². The molecule has 2 heterocycles. The van der Waals surface area contributed by atoms with E-state index in [0.717, 1.165) is 6.04 Å². The van der Waals surface area contributed by atoms with Crippen molar-refractivity contribution in [3.63, 3.8) is 0 Å². The molecule has 0 saturated carbocycles. The fourth-order valence-corrected chi connectivity index (χ4v) is 5.83. The second-order valence-corrected chi connectivity index (χ2v) is 20.5. The number of amides is 1. The molecule has 1 aromatic carbocycles. The molecule has 0 atom stereocenters. The minimum Gasteiger partial charge on any atom is -0.450 e. The van der Waals surface area contributed by atoms with Crippen molar-refractivity contribution < 1.29 is 27.8 Å². The third kappa shape index (κ3) is 11.1. The van der Waals surface area contributed by atoms with E-state index in [2.05, 4.69) is 29.9 Å². The fourth-order valence-electron chi connectivity index (χ4n) is 4.47. The maximum absolute atomic E-state index is 15.2. The molecule has 0 aliphatic carbocycles. The lowest BCUT2D eigenvalue weighted by molar-refractivity contribution is 0.0467. The number of hydrogen-bond donors (Lipinski definition) is 1. The molecule has 1 N–H and O–H groups in total. The third-order valence-corrected chi connectivity index (χ3v) is 9.01. The number of hydrogen-bond acceptors (Lipinski definition) is 6. The number of ether oxygens (including phenoxy) is 3. The van der Waals surface area contributed by atoms with Crippen LogP contribution in [-0.4, -0.2) is 46.3 Å². The predicted octanol–water partition coefficient (Wildman–Crippen LogP) is 9.46. The van der Waals surface area contributed by atoms with E-state index in [1.807, 2.05) is 13.8 Å². The van der Waals surface area contributed by atoms with Crippen molar-refractivity contribution in [1.82, 2.24) is 14.9 Å². The van der Waals surface area contributed by atoms with Gasteiger partial charge in [0.2, 0.25) is 0 Å². The Hall–Kier alpha value is -2.60. The molecule has 1 amide bonds. The molecule has 0 bridgehead atoms. The molecule has 44 heavy (non-hydrogen) atoms. The number of thiocarbonyl (C=S) groups is 1. The maximum atomic E-state index is 15.2. The number of halogens is 3. The summed E-state index contributed by atoms with van der Waals surface area (Å²) in [6.45, 7) is 16.9. The monoisotopic (exact) mass is 667 g/mol. The zero-order valence-corrected chi connectivity index (χ0v) is 29.5. The zero-order valence-electron chi connectivity index (χ0n) is 26.9. The Morgan fingerprint density at radius 1 is 1.14 bits per heavy atom. The minimum atomic E-state index is -1.24. The SMILES string of the molecule is CC(C)(CCCC(=S)Cc1cc(F)c(Oc2ccnc3c2c(Cl)cn3COCC[Si](C)(C)C)c(F)c1)NC(=O)OC(C)(C)C. The summed E-state index contributed by atoms with van der Waals surface area (Å²) in [7, 11) is -1.24. The number of fused-ring (bicyclic) bond motifs is 1. The van der Waals surface area contributed by atoms with E-state index in [0.29, 0.717) is 52.4 Å². The van der Waals surface area contributed by atoms with Gasteiger partial charge >= 0.3 is 6.09 Å². The molecule has 0 saturated heterocycles. The topological polar surface area (TPSA) is 74.6 Å². The summed E-state index contributed by atoms with van der Waals surface area (Å²) >= 11 is 12.0. The van der Waals surface area contributed by atoms with E-state index in [1.165, 1.54) is 24.4 Å². The molecule has 12 heteroatoms. The summed E-state index contributed by atoms with van der Waals surface area (Å²) in [5.74, 6) is -2.04. The van der Waals surface area contributed by atoms with Crippen molar-refractivity contribution in [2.45, 2.75) is 104 Å². The van der Waals surface area contributed by atoms with E-state index in [1.54, 1.807) is 31.5 Å². The van der Waals surface area contributed by atoms with Crippen LogP contribution in [0.4, 0.5) is 13.6 Å². The number of pyridine rings is 1. The third-order valence-electron chi connectivity index (χ3n) is 6.67. The first-order valence-electron chi connectivity index (χ1n) is 14.7. The Bertz CT molecular complexity index is 1460. The summed E-state index contributed by atoms with van der Waals surface area (Å²) in [6, 6.07) is 5.00. The molecule has 0 spiro atoms. The summed E-state index contributed by atoms with van der Waals surface area (Å²) in [6.07, 6.45) is 4.82. The lowest BCUT2D eigenvalue weighted by Gasteiger charge is -2.28. The van der Waals surface area contributed by atoms with Crippen molar-refractivity contribution in [2.24, 2.45) is 0 Å². The Kier molecular flexibility index (Phi) is 12.0. The molecular formula is C32H44ClF2N3O4SSi. The normalized spacial score (nSPS) is 12.4. The van der Waals surface area contributed by atoms with Gasteiger partial charge in [-0.2, -0.15) is 0 Å². The van der Waals surface area contributed by atoms with Crippen LogP contribution < -0.4 is 10.1 Å². The maximum Gasteiger partial charge on any atom is 0.408 e. The van der Waals surface area contributed by atoms with Gasteiger partial charge in [0.05, 0.1) is 10.4 Å². The highest BCUT2D eigenvalue weighted by molar-refractivity contribution is 7.80. The highest BCUT2D eigenvalue weighted by atomic mass is 35.5. The number of rotatable bonds is 14. The van der Waals surface area contributed by atoms with Crippen LogP contribution in [0.3, 0.4) is 0 Å². The number of nitrogens with one attached hydrogen (secondary N) is 1. The number of benzene rings is 1. The number of carbonyl (C=O) groups is 1. The van der Waals surface area contributed by atoms with Gasteiger partial charge in [-0.25, -0.2) is 18.6 Å².